The first-order valence-electron chi connectivity index (χ1n) is 7.48. The first-order valence-corrected chi connectivity index (χ1v) is 8.36. The van der Waals surface area contributed by atoms with Gasteiger partial charge in [0.1, 0.15) is 5.82 Å². The number of carbonyl (C=O) groups is 1. The minimum absolute atomic E-state index is 0.146. The summed E-state index contributed by atoms with van der Waals surface area (Å²) in [5.74, 6) is 1.13. The summed E-state index contributed by atoms with van der Waals surface area (Å²) in [5.41, 5.74) is 1.70. The minimum atomic E-state index is -0.146. The Bertz CT molecular complexity index is 1020. The monoisotopic (exact) mass is 334 g/mol. The van der Waals surface area contributed by atoms with Crippen LogP contribution in [0.3, 0.4) is 0 Å². The van der Waals surface area contributed by atoms with Crippen molar-refractivity contribution < 1.29 is 4.79 Å². The molecule has 0 aliphatic heterocycles. The number of para-hydroxylation sites is 1. The van der Waals surface area contributed by atoms with Crippen LogP contribution in [-0.4, -0.2) is 20.7 Å². The number of carbonyl (C=O) groups excluding carboxylic acids is 1. The van der Waals surface area contributed by atoms with Gasteiger partial charge in [-0.1, -0.05) is 24.3 Å². The Morgan fingerprint density at radius 3 is 2.83 bits per heavy atom. The van der Waals surface area contributed by atoms with Gasteiger partial charge in [-0.25, -0.2) is 4.98 Å². The lowest BCUT2D eigenvalue weighted by Crippen LogP contribution is -2.14. The molecule has 24 heavy (non-hydrogen) atoms. The first kappa shape index (κ1) is 14.6. The molecule has 0 aliphatic carbocycles. The average molecular weight is 334 g/mol. The predicted octanol–water partition coefficient (Wildman–Crippen LogP) is 4.04. The molecule has 0 fully saturated rings. The van der Waals surface area contributed by atoms with E-state index in [4.69, 9.17) is 0 Å². The molecule has 0 saturated heterocycles. The number of amides is 1. The van der Waals surface area contributed by atoms with Crippen LogP contribution in [0, 0.1) is 6.92 Å². The number of aryl methyl sites for hydroxylation is 1. The van der Waals surface area contributed by atoms with Gasteiger partial charge < -0.3 is 5.32 Å². The van der Waals surface area contributed by atoms with E-state index in [1.165, 1.54) is 11.3 Å². The van der Waals surface area contributed by atoms with Gasteiger partial charge in [-0.3, -0.25) is 4.79 Å². The summed E-state index contributed by atoms with van der Waals surface area (Å²) in [6.45, 7) is 1.89. The van der Waals surface area contributed by atoms with E-state index in [1.807, 2.05) is 60.8 Å². The third kappa shape index (κ3) is 2.68. The number of thiophene rings is 1. The predicted molar refractivity (Wildman–Crippen MR) is 95.9 cm³/mol. The van der Waals surface area contributed by atoms with E-state index in [-0.39, 0.29) is 5.91 Å². The zero-order chi connectivity index (χ0) is 16.5. The van der Waals surface area contributed by atoms with Crippen LogP contribution in [0.15, 0.2) is 60.0 Å². The molecule has 1 amide bonds. The van der Waals surface area contributed by atoms with Gasteiger partial charge in [0.15, 0.2) is 5.82 Å². The molecular weight excluding hydrogens is 320 g/mol. The molecule has 0 saturated carbocycles. The Morgan fingerprint density at radius 2 is 2.00 bits per heavy atom. The van der Waals surface area contributed by atoms with Crippen molar-refractivity contribution in [2.75, 3.05) is 5.32 Å². The van der Waals surface area contributed by atoms with Crippen molar-refractivity contribution in [2.45, 2.75) is 6.92 Å². The third-order valence-corrected chi connectivity index (χ3v) is 4.49. The number of nitrogens with zero attached hydrogens (tertiary/aromatic N) is 3. The Morgan fingerprint density at radius 1 is 1.12 bits per heavy atom. The lowest BCUT2D eigenvalue weighted by molar-refractivity contribution is 0.103. The fourth-order valence-electron chi connectivity index (χ4n) is 2.52. The number of benzene rings is 1. The highest BCUT2D eigenvalue weighted by Crippen LogP contribution is 2.20. The quantitative estimate of drug-likeness (QED) is 0.615. The Hall–Kier alpha value is -2.99. The molecule has 3 aromatic heterocycles. The lowest BCUT2D eigenvalue weighted by Gasteiger charge is -2.08. The van der Waals surface area contributed by atoms with E-state index in [0.29, 0.717) is 16.5 Å². The van der Waals surface area contributed by atoms with Gasteiger partial charge in [0, 0.05) is 11.5 Å². The maximum Gasteiger partial charge on any atom is 0.266 e. The molecule has 4 rings (SSSR count). The number of hydrogen-bond acceptors (Lipinski definition) is 4. The summed E-state index contributed by atoms with van der Waals surface area (Å²) >= 11 is 1.40. The minimum Gasteiger partial charge on any atom is -0.306 e. The summed E-state index contributed by atoms with van der Waals surface area (Å²) in [7, 11) is 0. The molecule has 3 heterocycles. The number of nitrogens with one attached hydrogen (secondary N) is 1. The van der Waals surface area contributed by atoms with Crippen LogP contribution in [0.1, 0.15) is 15.4 Å². The summed E-state index contributed by atoms with van der Waals surface area (Å²) in [6, 6.07) is 17.3. The van der Waals surface area contributed by atoms with Crippen LogP contribution < -0.4 is 5.32 Å². The van der Waals surface area contributed by atoms with E-state index < -0.39 is 0 Å². The second kappa shape index (κ2) is 5.90. The smallest absolute Gasteiger partial charge is 0.266 e. The number of anilines is 1. The lowest BCUT2D eigenvalue weighted by atomic mass is 10.2. The van der Waals surface area contributed by atoms with Crippen LogP contribution in [0.25, 0.3) is 16.7 Å². The summed E-state index contributed by atoms with van der Waals surface area (Å²) in [4.78, 5) is 17.6. The summed E-state index contributed by atoms with van der Waals surface area (Å²) < 4.78 is 1.66. The van der Waals surface area contributed by atoms with Crippen molar-refractivity contribution in [2.24, 2.45) is 0 Å². The van der Waals surface area contributed by atoms with Gasteiger partial charge in [-0.05, 0) is 36.6 Å². The number of pyridine rings is 1. The fraction of sp³-hybridized carbons (Fsp3) is 0.0556. The van der Waals surface area contributed by atoms with Crippen molar-refractivity contribution in [1.82, 2.24) is 14.8 Å². The van der Waals surface area contributed by atoms with E-state index in [1.54, 1.807) is 10.7 Å². The molecule has 0 radical (unpaired) electrons. The molecule has 5 nitrogen and oxygen atoms in total. The standard InChI is InChI=1S/C18H14N4OS/c1-12-11-17(20-18(23)15-7-4-10-24-15)22(21-12)16-9-8-13-5-2-3-6-14(13)19-16/h2-11H,1H3,(H,20,23). The van der Waals surface area contributed by atoms with Gasteiger partial charge in [0.25, 0.3) is 5.91 Å². The van der Waals surface area contributed by atoms with Gasteiger partial charge in [0.2, 0.25) is 0 Å². The van der Waals surface area contributed by atoms with Gasteiger partial charge in [-0.15, -0.1) is 11.3 Å². The van der Waals surface area contributed by atoms with Crippen LogP contribution in [-0.2, 0) is 0 Å². The van der Waals surface area contributed by atoms with Gasteiger partial charge >= 0.3 is 0 Å². The highest BCUT2D eigenvalue weighted by molar-refractivity contribution is 7.12. The SMILES string of the molecule is Cc1cc(NC(=O)c2cccs2)n(-c2ccc3ccccc3n2)n1. The maximum absolute atomic E-state index is 12.3. The van der Waals surface area contributed by atoms with Gasteiger partial charge in [0.05, 0.1) is 16.1 Å². The molecule has 0 atom stereocenters. The molecule has 6 heteroatoms. The highest BCUT2D eigenvalue weighted by Gasteiger charge is 2.14. The summed E-state index contributed by atoms with van der Waals surface area (Å²) in [5, 5.41) is 10.3. The molecule has 4 aromatic rings. The fourth-order valence-corrected chi connectivity index (χ4v) is 3.14. The van der Waals surface area contributed by atoms with Crippen molar-refractivity contribution >= 4 is 34.0 Å². The molecule has 118 valence electrons. The molecule has 0 spiro atoms. The van der Waals surface area contributed by atoms with E-state index in [2.05, 4.69) is 15.4 Å². The van der Waals surface area contributed by atoms with Crippen LogP contribution in [0.4, 0.5) is 5.82 Å². The second-order valence-corrected chi connectivity index (χ2v) is 6.32. The first-order chi connectivity index (χ1) is 11.7. The zero-order valence-electron chi connectivity index (χ0n) is 12.9. The number of hydrogen-bond donors (Lipinski definition) is 1. The van der Waals surface area contributed by atoms with Crippen molar-refractivity contribution in [3.05, 3.63) is 70.5 Å². The van der Waals surface area contributed by atoms with Crippen LogP contribution in [0.5, 0.6) is 0 Å². The Labute approximate surface area is 142 Å². The van der Waals surface area contributed by atoms with E-state index in [0.717, 1.165) is 16.6 Å². The van der Waals surface area contributed by atoms with Crippen molar-refractivity contribution in [3.63, 3.8) is 0 Å². The normalized spacial score (nSPS) is 10.9. The summed E-state index contributed by atoms with van der Waals surface area (Å²) in [6.07, 6.45) is 0. The van der Waals surface area contributed by atoms with Crippen LogP contribution in [0.2, 0.25) is 0 Å². The molecule has 1 aromatic carbocycles. The molecular formula is C18H14N4OS. The van der Waals surface area contributed by atoms with Gasteiger partial charge in [-0.2, -0.15) is 9.78 Å². The number of fused-ring (bicyclic) bond motifs is 1. The van der Waals surface area contributed by atoms with E-state index in [9.17, 15) is 4.79 Å². The molecule has 0 aliphatic rings. The maximum atomic E-state index is 12.3. The Kier molecular flexibility index (Phi) is 3.59. The van der Waals surface area contributed by atoms with E-state index >= 15 is 0 Å². The van der Waals surface area contributed by atoms with Crippen LogP contribution >= 0.6 is 11.3 Å². The molecule has 0 unspecified atom stereocenters. The highest BCUT2D eigenvalue weighted by atomic mass is 32.1. The zero-order valence-corrected chi connectivity index (χ0v) is 13.7. The third-order valence-electron chi connectivity index (χ3n) is 3.62. The average Bonchev–Trinajstić information content (AvgIpc) is 3.24. The second-order valence-electron chi connectivity index (χ2n) is 5.38. The molecule has 0 bridgehead atoms. The number of rotatable bonds is 3. The number of aromatic nitrogens is 3. The van der Waals surface area contributed by atoms with Crippen molar-refractivity contribution in [1.29, 1.82) is 0 Å². The topological polar surface area (TPSA) is 59.8 Å². The molecule has 1 N–H and O–H groups in total. The van der Waals surface area contributed by atoms with Crippen molar-refractivity contribution in [3.8, 4) is 5.82 Å². The Balaban J connectivity index is 1.73. The largest absolute Gasteiger partial charge is 0.306 e.